The summed E-state index contributed by atoms with van der Waals surface area (Å²) in [5.74, 6) is 0.0528. The van der Waals surface area contributed by atoms with Gasteiger partial charge in [0.25, 0.3) is 0 Å². The van der Waals surface area contributed by atoms with Gasteiger partial charge in [-0.1, -0.05) is 6.42 Å². The van der Waals surface area contributed by atoms with E-state index in [9.17, 15) is 4.79 Å². The van der Waals surface area contributed by atoms with E-state index in [1.54, 1.807) is 6.20 Å². The number of nitrogens with one attached hydrogen (secondary N) is 1. The second kappa shape index (κ2) is 7.28. The lowest BCUT2D eigenvalue weighted by Gasteiger charge is -2.28. The average Bonchev–Trinajstić information content (AvgIpc) is 2.93. The molecule has 0 bridgehead atoms. The molecule has 0 spiro atoms. The first-order valence-electron chi connectivity index (χ1n) is 7.17. The highest BCUT2D eigenvalue weighted by molar-refractivity contribution is 5.72. The number of esters is 1. The van der Waals surface area contributed by atoms with Gasteiger partial charge in [0.15, 0.2) is 0 Å². The van der Waals surface area contributed by atoms with Crippen molar-refractivity contribution in [2.75, 3.05) is 13.2 Å². The SMILES string of the molecule is CCOC(=O)C1CCCC(NCCn2cccn2)C1. The largest absolute Gasteiger partial charge is 0.466 e. The molecule has 1 saturated carbocycles. The molecular weight excluding hydrogens is 242 g/mol. The van der Waals surface area contributed by atoms with Gasteiger partial charge >= 0.3 is 5.97 Å². The third kappa shape index (κ3) is 4.35. The number of ether oxygens (including phenoxy) is 1. The van der Waals surface area contributed by atoms with E-state index in [1.165, 1.54) is 0 Å². The molecule has 0 aliphatic heterocycles. The molecular formula is C14H23N3O2. The molecule has 106 valence electrons. The number of aromatic nitrogens is 2. The fourth-order valence-corrected chi connectivity index (χ4v) is 2.67. The Morgan fingerprint density at radius 3 is 3.16 bits per heavy atom. The predicted octanol–water partition coefficient (Wildman–Crippen LogP) is 1.59. The quantitative estimate of drug-likeness (QED) is 0.794. The molecule has 0 aromatic carbocycles. The number of hydrogen-bond donors (Lipinski definition) is 1. The van der Waals surface area contributed by atoms with E-state index in [0.29, 0.717) is 12.6 Å². The Balaban J connectivity index is 1.70. The van der Waals surface area contributed by atoms with Crippen molar-refractivity contribution < 1.29 is 9.53 Å². The van der Waals surface area contributed by atoms with Crippen molar-refractivity contribution in [2.45, 2.75) is 45.2 Å². The number of rotatable bonds is 6. The maximum absolute atomic E-state index is 11.7. The van der Waals surface area contributed by atoms with E-state index >= 15 is 0 Å². The van der Waals surface area contributed by atoms with Gasteiger partial charge in [-0.25, -0.2) is 0 Å². The Kier molecular flexibility index (Phi) is 5.39. The molecule has 1 aliphatic carbocycles. The zero-order valence-electron chi connectivity index (χ0n) is 11.5. The van der Waals surface area contributed by atoms with Crippen molar-refractivity contribution in [1.82, 2.24) is 15.1 Å². The molecule has 1 N–H and O–H groups in total. The van der Waals surface area contributed by atoms with Gasteiger partial charge < -0.3 is 10.1 Å². The van der Waals surface area contributed by atoms with Crippen LogP contribution in [0.2, 0.25) is 0 Å². The van der Waals surface area contributed by atoms with E-state index in [1.807, 2.05) is 23.9 Å². The summed E-state index contributed by atoms with van der Waals surface area (Å²) in [5.41, 5.74) is 0. The molecule has 1 aromatic heterocycles. The van der Waals surface area contributed by atoms with Crippen LogP contribution in [0.1, 0.15) is 32.6 Å². The first-order valence-corrected chi connectivity index (χ1v) is 7.17. The lowest BCUT2D eigenvalue weighted by Crippen LogP contribution is -2.38. The normalized spacial score (nSPS) is 23.2. The molecule has 2 unspecified atom stereocenters. The third-order valence-corrected chi connectivity index (χ3v) is 3.63. The van der Waals surface area contributed by atoms with E-state index in [-0.39, 0.29) is 11.9 Å². The van der Waals surface area contributed by atoms with Crippen LogP contribution < -0.4 is 5.32 Å². The molecule has 1 aliphatic rings. The summed E-state index contributed by atoms with van der Waals surface area (Å²) >= 11 is 0. The van der Waals surface area contributed by atoms with Gasteiger partial charge in [-0.2, -0.15) is 5.10 Å². The van der Waals surface area contributed by atoms with Gasteiger partial charge in [-0.15, -0.1) is 0 Å². The first kappa shape index (κ1) is 14.1. The van der Waals surface area contributed by atoms with Crippen LogP contribution >= 0.6 is 0 Å². The lowest BCUT2D eigenvalue weighted by molar-refractivity contribution is -0.149. The summed E-state index contributed by atoms with van der Waals surface area (Å²) < 4.78 is 7.03. The summed E-state index contributed by atoms with van der Waals surface area (Å²) in [6, 6.07) is 2.36. The van der Waals surface area contributed by atoms with Crippen LogP contribution in [0.5, 0.6) is 0 Å². The Morgan fingerprint density at radius 2 is 2.42 bits per heavy atom. The molecule has 1 fully saturated rings. The molecule has 19 heavy (non-hydrogen) atoms. The summed E-state index contributed by atoms with van der Waals surface area (Å²) in [6.07, 6.45) is 7.87. The van der Waals surface area contributed by atoms with Crippen molar-refractivity contribution in [2.24, 2.45) is 5.92 Å². The average molecular weight is 265 g/mol. The van der Waals surface area contributed by atoms with Crippen LogP contribution in [0.25, 0.3) is 0 Å². The molecule has 0 radical (unpaired) electrons. The standard InChI is InChI=1S/C14H23N3O2/c1-2-19-14(18)12-5-3-6-13(11-12)15-8-10-17-9-4-7-16-17/h4,7,9,12-13,15H,2-3,5-6,8,10-11H2,1H3. The predicted molar refractivity (Wildman–Crippen MR) is 72.6 cm³/mol. The fraction of sp³-hybridized carbons (Fsp3) is 0.714. The highest BCUT2D eigenvalue weighted by Gasteiger charge is 2.27. The van der Waals surface area contributed by atoms with Crippen LogP contribution in [0.4, 0.5) is 0 Å². The van der Waals surface area contributed by atoms with Crippen LogP contribution in [-0.2, 0) is 16.1 Å². The molecule has 1 heterocycles. The van der Waals surface area contributed by atoms with Crippen LogP contribution in [-0.4, -0.2) is 34.9 Å². The van der Waals surface area contributed by atoms with Gasteiger partial charge in [0, 0.05) is 25.0 Å². The molecule has 5 nitrogen and oxygen atoms in total. The van der Waals surface area contributed by atoms with Crippen molar-refractivity contribution in [3.05, 3.63) is 18.5 Å². The van der Waals surface area contributed by atoms with Crippen molar-refractivity contribution in [3.8, 4) is 0 Å². The van der Waals surface area contributed by atoms with Crippen LogP contribution in [0.15, 0.2) is 18.5 Å². The Labute approximate surface area is 114 Å². The summed E-state index contributed by atoms with van der Waals surface area (Å²) in [6.45, 7) is 4.10. The zero-order chi connectivity index (χ0) is 13.5. The van der Waals surface area contributed by atoms with E-state index in [4.69, 9.17) is 4.74 Å². The monoisotopic (exact) mass is 265 g/mol. The Hall–Kier alpha value is -1.36. The third-order valence-electron chi connectivity index (χ3n) is 3.63. The van der Waals surface area contributed by atoms with Crippen LogP contribution in [0, 0.1) is 5.92 Å². The molecule has 0 amide bonds. The summed E-state index contributed by atoms with van der Waals surface area (Å²) in [7, 11) is 0. The fourth-order valence-electron chi connectivity index (χ4n) is 2.67. The first-order chi connectivity index (χ1) is 9.29. The second-order valence-electron chi connectivity index (χ2n) is 5.04. The van der Waals surface area contributed by atoms with Gasteiger partial charge in [-0.05, 0) is 32.3 Å². The second-order valence-corrected chi connectivity index (χ2v) is 5.04. The van der Waals surface area contributed by atoms with Crippen molar-refractivity contribution in [3.63, 3.8) is 0 Å². The van der Waals surface area contributed by atoms with Gasteiger partial charge in [0.1, 0.15) is 0 Å². The number of nitrogens with zero attached hydrogens (tertiary/aromatic N) is 2. The summed E-state index contributed by atoms with van der Waals surface area (Å²) in [4.78, 5) is 11.7. The molecule has 2 atom stereocenters. The van der Waals surface area contributed by atoms with Crippen molar-refractivity contribution >= 4 is 5.97 Å². The maximum atomic E-state index is 11.7. The van der Waals surface area contributed by atoms with E-state index in [0.717, 1.165) is 38.8 Å². The van der Waals surface area contributed by atoms with Gasteiger partial charge in [-0.3, -0.25) is 9.48 Å². The minimum atomic E-state index is -0.0268. The van der Waals surface area contributed by atoms with Crippen molar-refractivity contribution in [1.29, 1.82) is 0 Å². The lowest BCUT2D eigenvalue weighted by atomic mass is 9.86. The van der Waals surface area contributed by atoms with Gasteiger partial charge in [0.2, 0.25) is 0 Å². The summed E-state index contributed by atoms with van der Waals surface area (Å²) in [5, 5.41) is 7.69. The van der Waals surface area contributed by atoms with E-state index < -0.39 is 0 Å². The van der Waals surface area contributed by atoms with Gasteiger partial charge in [0.05, 0.1) is 19.1 Å². The Bertz CT molecular complexity index is 378. The molecule has 5 heteroatoms. The van der Waals surface area contributed by atoms with E-state index in [2.05, 4.69) is 10.4 Å². The topological polar surface area (TPSA) is 56.1 Å². The smallest absolute Gasteiger partial charge is 0.308 e. The number of hydrogen-bond acceptors (Lipinski definition) is 4. The maximum Gasteiger partial charge on any atom is 0.308 e. The minimum absolute atomic E-state index is 0.0268. The highest BCUT2D eigenvalue weighted by atomic mass is 16.5. The molecule has 2 rings (SSSR count). The minimum Gasteiger partial charge on any atom is -0.466 e. The highest BCUT2D eigenvalue weighted by Crippen LogP contribution is 2.25. The molecule has 0 saturated heterocycles. The zero-order valence-corrected chi connectivity index (χ0v) is 11.5. The number of carbonyl (C=O) groups excluding carboxylic acids is 1. The Morgan fingerprint density at radius 1 is 1.53 bits per heavy atom. The number of carbonyl (C=O) groups is 1. The molecule has 1 aromatic rings. The van der Waals surface area contributed by atoms with Crippen LogP contribution in [0.3, 0.4) is 0 Å².